The van der Waals surface area contributed by atoms with E-state index in [0.717, 1.165) is 11.1 Å². The van der Waals surface area contributed by atoms with Gasteiger partial charge in [-0.1, -0.05) is 67.2 Å². The topological polar surface area (TPSA) is 15.6 Å². The number of halogens is 3. The van der Waals surface area contributed by atoms with Crippen LogP contribution in [0.3, 0.4) is 0 Å². The van der Waals surface area contributed by atoms with Crippen molar-refractivity contribution < 1.29 is 13.2 Å². The third kappa shape index (κ3) is 6.69. The molecule has 126 valence electrons. The number of nitrogens with zero attached hydrogens (tertiary/aromatic N) is 2. The van der Waals surface area contributed by atoms with Gasteiger partial charge in [-0.3, -0.25) is 5.01 Å². The monoisotopic (exact) mass is 332 g/mol. The van der Waals surface area contributed by atoms with Gasteiger partial charge in [0.25, 0.3) is 0 Å². The highest BCUT2D eigenvalue weighted by molar-refractivity contribution is 5.77. The lowest BCUT2D eigenvalue weighted by atomic mass is 10.2. The fraction of sp³-hybridized carbons (Fsp3) is 0.211. The van der Waals surface area contributed by atoms with E-state index in [9.17, 15) is 13.2 Å². The van der Waals surface area contributed by atoms with Gasteiger partial charge in [0.05, 0.1) is 19.5 Å². The van der Waals surface area contributed by atoms with E-state index in [1.165, 1.54) is 6.21 Å². The first kappa shape index (κ1) is 17.8. The lowest BCUT2D eigenvalue weighted by Crippen LogP contribution is -2.17. The first-order valence-corrected chi connectivity index (χ1v) is 7.54. The molecule has 0 saturated carbocycles. The second-order valence-corrected chi connectivity index (χ2v) is 5.49. The van der Waals surface area contributed by atoms with Crippen molar-refractivity contribution in [2.75, 3.05) is 0 Å². The van der Waals surface area contributed by atoms with E-state index in [2.05, 4.69) is 11.7 Å². The molecule has 0 aromatic heterocycles. The number of hydrazone groups is 1. The number of rotatable bonds is 7. The zero-order valence-corrected chi connectivity index (χ0v) is 13.2. The van der Waals surface area contributed by atoms with E-state index in [1.54, 1.807) is 5.01 Å². The van der Waals surface area contributed by atoms with Crippen molar-refractivity contribution >= 4 is 6.21 Å². The second kappa shape index (κ2) is 8.34. The molecule has 0 aliphatic carbocycles. The summed E-state index contributed by atoms with van der Waals surface area (Å²) in [5.74, 6) is 0. The van der Waals surface area contributed by atoms with Crippen LogP contribution in [0, 0.1) is 0 Å². The molecule has 2 nitrogen and oxygen atoms in total. The van der Waals surface area contributed by atoms with Crippen LogP contribution >= 0.6 is 0 Å². The molecule has 0 heterocycles. The summed E-state index contributed by atoms with van der Waals surface area (Å²) >= 11 is 0. The van der Waals surface area contributed by atoms with Crippen LogP contribution in [0.5, 0.6) is 0 Å². The van der Waals surface area contributed by atoms with Crippen LogP contribution in [0.1, 0.15) is 17.5 Å². The molecule has 5 heteroatoms. The molecule has 0 unspecified atom stereocenters. The van der Waals surface area contributed by atoms with Gasteiger partial charge in [0.2, 0.25) is 0 Å². The van der Waals surface area contributed by atoms with Crippen LogP contribution in [0.15, 0.2) is 77.9 Å². The normalized spacial score (nSPS) is 11.6. The highest BCUT2D eigenvalue weighted by Crippen LogP contribution is 2.23. The molecule has 0 N–H and O–H groups in total. The Balaban J connectivity index is 2.08. The highest BCUT2D eigenvalue weighted by atomic mass is 19.4. The van der Waals surface area contributed by atoms with E-state index in [4.69, 9.17) is 0 Å². The molecule has 0 aliphatic heterocycles. The largest absolute Gasteiger partial charge is 0.393 e. The smallest absolute Gasteiger partial charge is 0.288 e. The van der Waals surface area contributed by atoms with Crippen molar-refractivity contribution in [2.24, 2.45) is 5.10 Å². The summed E-state index contributed by atoms with van der Waals surface area (Å²) < 4.78 is 37.2. The highest BCUT2D eigenvalue weighted by Gasteiger charge is 2.27. The number of hydrogen-bond acceptors (Lipinski definition) is 2. The van der Waals surface area contributed by atoms with Gasteiger partial charge in [-0.25, -0.2) is 0 Å². The van der Waals surface area contributed by atoms with Crippen LogP contribution in [0.4, 0.5) is 13.2 Å². The third-order valence-electron chi connectivity index (χ3n) is 3.25. The number of alkyl halides is 3. The minimum absolute atomic E-state index is 0.0615. The van der Waals surface area contributed by atoms with E-state index < -0.39 is 12.6 Å². The molecular formula is C19H19F3N2. The Hall–Kier alpha value is -2.56. The molecule has 2 aromatic rings. The molecule has 0 fully saturated rings. The van der Waals surface area contributed by atoms with Gasteiger partial charge in [-0.05, 0) is 16.7 Å². The van der Waals surface area contributed by atoms with Crippen molar-refractivity contribution in [1.29, 1.82) is 0 Å². The van der Waals surface area contributed by atoms with Crippen molar-refractivity contribution in [3.8, 4) is 0 Å². The predicted octanol–water partition coefficient (Wildman–Crippen LogP) is 5.18. The summed E-state index contributed by atoms with van der Waals surface area (Å²) in [5, 5.41) is 5.94. The average molecular weight is 332 g/mol. The first-order valence-electron chi connectivity index (χ1n) is 7.54. The lowest BCUT2D eigenvalue weighted by molar-refractivity contribution is -0.125. The first-order chi connectivity index (χ1) is 11.4. The fourth-order valence-corrected chi connectivity index (χ4v) is 2.19. The van der Waals surface area contributed by atoms with E-state index in [-0.39, 0.29) is 5.57 Å². The molecule has 2 aromatic carbocycles. The van der Waals surface area contributed by atoms with Gasteiger partial charge < -0.3 is 0 Å². The van der Waals surface area contributed by atoms with E-state index >= 15 is 0 Å². The van der Waals surface area contributed by atoms with Gasteiger partial charge in [0.15, 0.2) is 0 Å². The SMILES string of the molecule is C=C(/C=N\N(Cc1ccccc1)Cc1ccccc1)CC(F)(F)F. The summed E-state index contributed by atoms with van der Waals surface area (Å²) in [6.45, 7) is 4.44. The summed E-state index contributed by atoms with van der Waals surface area (Å²) in [6.07, 6.45) is -4.13. The van der Waals surface area contributed by atoms with Crippen LogP contribution in [0.2, 0.25) is 0 Å². The van der Waals surface area contributed by atoms with Gasteiger partial charge in [-0.15, -0.1) is 0 Å². The summed E-state index contributed by atoms with van der Waals surface area (Å²) in [6, 6.07) is 19.3. The number of allylic oxidation sites excluding steroid dienone is 1. The molecule has 2 rings (SSSR count). The van der Waals surface area contributed by atoms with Crippen LogP contribution in [-0.4, -0.2) is 17.4 Å². The fourth-order valence-electron chi connectivity index (χ4n) is 2.19. The van der Waals surface area contributed by atoms with Gasteiger partial charge >= 0.3 is 6.18 Å². The maximum Gasteiger partial charge on any atom is 0.393 e. The van der Waals surface area contributed by atoms with Crippen LogP contribution < -0.4 is 0 Å². The molecule has 0 aliphatic rings. The van der Waals surface area contributed by atoms with Crippen LogP contribution in [-0.2, 0) is 13.1 Å². The lowest BCUT2D eigenvalue weighted by Gasteiger charge is -2.19. The van der Waals surface area contributed by atoms with Crippen LogP contribution in [0.25, 0.3) is 0 Å². The van der Waals surface area contributed by atoms with Gasteiger partial charge in [0.1, 0.15) is 0 Å². The molecule has 0 amide bonds. The molecule has 0 spiro atoms. The van der Waals surface area contributed by atoms with Crippen molar-refractivity contribution in [3.63, 3.8) is 0 Å². The summed E-state index contributed by atoms with van der Waals surface area (Å²) in [5.41, 5.74) is 2.01. The summed E-state index contributed by atoms with van der Waals surface area (Å²) in [7, 11) is 0. The molecular weight excluding hydrogens is 313 g/mol. The zero-order valence-electron chi connectivity index (χ0n) is 13.2. The average Bonchev–Trinajstić information content (AvgIpc) is 2.53. The van der Waals surface area contributed by atoms with E-state index in [0.29, 0.717) is 13.1 Å². The third-order valence-corrected chi connectivity index (χ3v) is 3.25. The Labute approximate surface area is 139 Å². The predicted molar refractivity (Wildman–Crippen MR) is 90.4 cm³/mol. The maximum absolute atomic E-state index is 12.4. The molecule has 0 atom stereocenters. The summed E-state index contributed by atoms with van der Waals surface area (Å²) in [4.78, 5) is 0. The van der Waals surface area contributed by atoms with Crippen molar-refractivity contribution in [3.05, 3.63) is 83.9 Å². The zero-order chi connectivity index (χ0) is 17.4. The standard InChI is InChI=1S/C19H19F3N2/c1-16(12-19(20,21)22)13-23-24(14-17-8-4-2-5-9-17)15-18-10-6-3-7-11-18/h2-11,13H,1,12,14-15H2/b23-13-. The minimum Gasteiger partial charge on any atom is -0.288 e. The Morgan fingerprint density at radius 2 is 1.38 bits per heavy atom. The van der Waals surface area contributed by atoms with Crippen molar-refractivity contribution in [1.82, 2.24) is 5.01 Å². The quantitative estimate of drug-likeness (QED) is 0.504. The molecule has 0 radical (unpaired) electrons. The van der Waals surface area contributed by atoms with Gasteiger partial charge in [-0.2, -0.15) is 18.3 Å². The number of hydrogen-bond donors (Lipinski definition) is 0. The Bertz CT molecular complexity index is 623. The molecule has 24 heavy (non-hydrogen) atoms. The Morgan fingerprint density at radius 1 is 0.917 bits per heavy atom. The maximum atomic E-state index is 12.4. The van der Waals surface area contributed by atoms with Gasteiger partial charge in [0, 0.05) is 6.21 Å². The minimum atomic E-state index is -4.27. The Kier molecular flexibility index (Phi) is 6.18. The molecule has 0 saturated heterocycles. The number of benzene rings is 2. The molecule has 0 bridgehead atoms. The van der Waals surface area contributed by atoms with E-state index in [1.807, 2.05) is 60.7 Å². The second-order valence-electron chi connectivity index (χ2n) is 5.49. The Morgan fingerprint density at radius 3 is 1.79 bits per heavy atom. The van der Waals surface area contributed by atoms with Crippen molar-refractivity contribution in [2.45, 2.75) is 25.7 Å².